The van der Waals surface area contributed by atoms with E-state index < -0.39 is 0 Å². The van der Waals surface area contributed by atoms with Crippen LogP contribution in [0.15, 0.2) is 30.5 Å². The summed E-state index contributed by atoms with van der Waals surface area (Å²) >= 11 is 0. The second-order valence-corrected chi connectivity index (χ2v) is 6.47. The maximum atomic E-state index is 13.0. The van der Waals surface area contributed by atoms with Gasteiger partial charge in [-0.3, -0.25) is 4.79 Å². The van der Waals surface area contributed by atoms with Gasteiger partial charge in [0.25, 0.3) is 5.91 Å². The van der Waals surface area contributed by atoms with Crippen LogP contribution in [0.4, 0.5) is 4.39 Å². The third-order valence-electron chi connectivity index (χ3n) is 4.65. The number of carbonyl (C=O) groups excluding carboxylic acids is 1. The molecule has 0 aliphatic carbocycles. The van der Waals surface area contributed by atoms with E-state index >= 15 is 0 Å². The van der Waals surface area contributed by atoms with Crippen molar-refractivity contribution in [3.05, 3.63) is 47.5 Å². The largest absolute Gasteiger partial charge is 0.349 e. The first-order chi connectivity index (χ1) is 12.1. The molecule has 0 radical (unpaired) electrons. The van der Waals surface area contributed by atoms with Gasteiger partial charge in [0.2, 0.25) is 0 Å². The third-order valence-corrected chi connectivity index (χ3v) is 4.65. The topological polar surface area (TPSA) is 63.1 Å². The lowest BCUT2D eigenvalue weighted by molar-refractivity contribution is 0.0941. The Bertz CT molecular complexity index is 694. The van der Waals surface area contributed by atoms with Crippen LogP contribution in [0.5, 0.6) is 0 Å². The van der Waals surface area contributed by atoms with Crippen LogP contribution in [0.25, 0.3) is 0 Å². The molecule has 0 unspecified atom stereocenters. The fourth-order valence-corrected chi connectivity index (χ4v) is 3.07. The van der Waals surface area contributed by atoms with E-state index in [4.69, 9.17) is 0 Å². The van der Waals surface area contributed by atoms with Gasteiger partial charge < -0.3 is 10.2 Å². The first-order valence-corrected chi connectivity index (χ1v) is 8.81. The number of hydrogen-bond acceptors (Lipinski definition) is 4. The van der Waals surface area contributed by atoms with Crippen molar-refractivity contribution in [2.45, 2.75) is 32.2 Å². The van der Waals surface area contributed by atoms with Crippen molar-refractivity contribution in [1.82, 2.24) is 25.2 Å². The van der Waals surface area contributed by atoms with E-state index in [0.29, 0.717) is 12.2 Å². The molecule has 6 nitrogen and oxygen atoms in total. The Balaban J connectivity index is 1.53. The standard InChI is InChI=1S/C18H24FN5O/c1-14(15-5-7-16(19)8-6-15)24-13-17(21-22-24)18(25)20-9-12-23-10-3-2-4-11-23/h5-8,13-14H,2-4,9-12H2,1H3,(H,20,25)/t14-/m1/s1. The number of hydrogen-bond donors (Lipinski definition) is 1. The first kappa shape index (κ1) is 17.5. The molecule has 0 spiro atoms. The van der Waals surface area contributed by atoms with Gasteiger partial charge in [0.15, 0.2) is 5.69 Å². The number of aromatic nitrogens is 3. The van der Waals surface area contributed by atoms with E-state index in [9.17, 15) is 9.18 Å². The molecule has 0 saturated carbocycles. The number of halogens is 1. The molecule has 2 aromatic rings. The number of nitrogens with one attached hydrogen (secondary N) is 1. The predicted octanol–water partition coefficient (Wildman–Crippen LogP) is 2.24. The van der Waals surface area contributed by atoms with Crippen LogP contribution >= 0.6 is 0 Å². The Morgan fingerprint density at radius 2 is 1.96 bits per heavy atom. The summed E-state index contributed by atoms with van der Waals surface area (Å²) in [5, 5.41) is 10.9. The third kappa shape index (κ3) is 4.63. The van der Waals surface area contributed by atoms with E-state index in [2.05, 4.69) is 20.5 Å². The van der Waals surface area contributed by atoms with Crippen LogP contribution in [-0.2, 0) is 0 Å². The summed E-state index contributed by atoms with van der Waals surface area (Å²) in [6.07, 6.45) is 5.41. The highest BCUT2D eigenvalue weighted by Crippen LogP contribution is 2.17. The molecule has 134 valence electrons. The summed E-state index contributed by atoms with van der Waals surface area (Å²) < 4.78 is 14.6. The zero-order chi connectivity index (χ0) is 17.6. The summed E-state index contributed by atoms with van der Waals surface area (Å²) in [6.45, 7) is 5.63. The second kappa shape index (κ2) is 8.20. The van der Waals surface area contributed by atoms with Crippen LogP contribution in [0.2, 0.25) is 0 Å². The monoisotopic (exact) mass is 345 g/mol. The molecule has 1 N–H and O–H groups in total. The summed E-state index contributed by atoms with van der Waals surface area (Å²) in [6, 6.07) is 6.12. The molecule has 3 rings (SSSR count). The highest BCUT2D eigenvalue weighted by molar-refractivity contribution is 5.91. The van der Waals surface area contributed by atoms with Crippen molar-refractivity contribution in [2.24, 2.45) is 0 Å². The van der Waals surface area contributed by atoms with Crippen molar-refractivity contribution in [1.29, 1.82) is 0 Å². The van der Waals surface area contributed by atoms with Crippen molar-refractivity contribution in [2.75, 3.05) is 26.2 Å². The Labute approximate surface area is 147 Å². The molecule has 1 saturated heterocycles. The van der Waals surface area contributed by atoms with E-state index in [1.165, 1.54) is 31.4 Å². The summed E-state index contributed by atoms with van der Waals surface area (Å²) in [5.41, 5.74) is 1.20. The van der Waals surface area contributed by atoms with Gasteiger partial charge in [-0.15, -0.1) is 5.10 Å². The lowest BCUT2D eigenvalue weighted by atomic mass is 10.1. The molecule has 25 heavy (non-hydrogen) atoms. The number of amides is 1. The van der Waals surface area contributed by atoms with Gasteiger partial charge in [-0.1, -0.05) is 23.8 Å². The number of rotatable bonds is 6. The lowest BCUT2D eigenvalue weighted by Gasteiger charge is -2.26. The maximum absolute atomic E-state index is 13.0. The minimum Gasteiger partial charge on any atom is -0.349 e. The van der Waals surface area contributed by atoms with Gasteiger partial charge >= 0.3 is 0 Å². The number of benzene rings is 1. The van der Waals surface area contributed by atoms with Gasteiger partial charge in [0.05, 0.1) is 12.2 Å². The van der Waals surface area contributed by atoms with Crippen molar-refractivity contribution < 1.29 is 9.18 Å². The Hall–Kier alpha value is -2.28. The molecule has 1 amide bonds. The maximum Gasteiger partial charge on any atom is 0.273 e. The van der Waals surface area contributed by atoms with Crippen molar-refractivity contribution in [3.8, 4) is 0 Å². The normalized spacial score (nSPS) is 16.6. The van der Waals surface area contributed by atoms with Crippen LogP contribution in [0.1, 0.15) is 48.3 Å². The van der Waals surface area contributed by atoms with Gasteiger partial charge in [0.1, 0.15) is 5.82 Å². The van der Waals surface area contributed by atoms with Crippen molar-refractivity contribution in [3.63, 3.8) is 0 Å². The molecule has 1 atom stereocenters. The average molecular weight is 345 g/mol. The van der Waals surface area contributed by atoms with E-state index in [1.54, 1.807) is 23.0 Å². The van der Waals surface area contributed by atoms with Gasteiger partial charge in [-0.2, -0.15) is 0 Å². The predicted molar refractivity (Wildman–Crippen MR) is 92.9 cm³/mol. The lowest BCUT2D eigenvalue weighted by Crippen LogP contribution is -2.37. The van der Waals surface area contributed by atoms with E-state index in [-0.39, 0.29) is 17.8 Å². The van der Waals surface area contributed by atoms with Gasteiger partial charge in [-0.25, -0.2) is 9.07 Å². The zero-order valence-electron chi connectivity index (χ0n) is 14.5. The molecule has 1 aliphatic heterocycles. The SMILES string of the molecule is C[C@H](c1ccc(F)cc1)n1cc(C(=O)NCCN2CCCCC2)nn1. The molecule has 1 aromatic heterocycles. The fourth-order valence-electron chi connectivity index (χ4n) is 3.07. The Morgan fingerprint density at radius 3 is 2.68 bits per heavy atom. The van der Waals surface area contributed by atoms with Gasteiger partial charge in [-0.05, 0) is 50.6 Å². The molecule has 1 fully saturated rings. The van der Waals surface area contributed by atoms with Crippen LogP contribution in [-0.4, -0.2) is 52.0 Å². The van der Waals surface area contributed by atoms with Crippen molar-refractivity contribution >= 4 is 5.91 Å². The molecule has 1 aliphatic rings. The quantitative estimate of drug-likeness (QED) is 0.872. The molecule has 7 heteroatoms. The molecular formula is C18H24FN5O. The Morgan fingerprint density at radius 1 is 1.24 bits per heavy atom. The molecule has 0 bridgehead atoms. The van der Waals surface area contributed by atoms with E-state index in [1.807, 2.05) is 6.92 Å². The second-order valence-electron chi connectivity index (χ2n) is 6.47. The Kier molecular flexibility index (Phi) is 5.75. The average Bonchev–Trinajstić information content (AvgIpc) is 3.13. The van der Waals surface area contributed by atoms with Crippen LogP contribution in [0.3, 0.4) is 0 Å². The minimum absolute atomic E-state index is 0.122. The highest BCUT2D eigenvalue weighted by Gasteiger charge is 2.15. The number of likely N-dealkylation sites (tertiary alicyclic amines) is 1. The van der Waals surface area contributed by atoms with Gasteiger partial charge in [0, 0.05) is 13.1 Å². The van der Waals surface area contributed by atoms with Crippen LogP contribution < -0.4 is 5.32 Å². The molecule has 2 heterocycles. The smallest absolute Gasteiger partial charge is 0.273 e. The number of nitrogens with zero attached hydrogens (tertiary/aromatic N) is 4. The highest BCUT2D eigenvalue weighted by atomic mass is 19.1. The summed E-state index contributed by atoms with van der Waals surface area (Å²) in [7, 11) is 0. The van der Waals surface area contributed by atoms with Crippen LogP contribution in [0, 0.1) is 5.82 Å². The summed E-state index contributed by atoms with van der Waals surface area (Å²) in [4.78, 5) is 14.6. The number of piperidine rings is 1. The fraction of sp³-hybridized carbons (Fsp3) is 0.500. The zero-order valence-corrected chi connectivity index (χ0v) is 14.5. The minimum atomic E-state index is -0.275. The molecule has 1 aromatic carbocycles. The van der Waals surface area contributed by atoms with E-state index in [0.717, 1.165) is 25.2 Å². The first-order valence-electron chi connectivity index (χ1n) is 8.81. The number of carbonyl (C=O) groups is 1. The summed E-state index contributed by atoms with van der Waals surface area (Å²) in [5.74, 6) is -0.488. The molecular weight excluding hydrogens is 321 g/mol.